The van der Waals surface area contributed by atoms with E-state index in [1.807, 2.05) is 10.7 Å². The fourth-order valence-corrected chi connectivity index (χ4v) is 1.83. The van der Waals surface area contributed by atoms with E-state index in [2.05, 4.69) is 55.1 Å². The molecule has 0 fully saturated rings. The second-order valence-electron chi connectivity index (χ2n) is 5.66. The largest absolute Gasteiger partial charge is 0.355 e. The number of anilines is 1. The summed E-state index contributed by atoms with van der Waals surface area (Å²) in [4.78, 5) is 4.37. The molecule has 0 aliphatic carbocycles. The quantitative estimate of drug-likeness (QED) is 0.859. The van der Waals surface area contributed by atoms with Gasteiger partial charge < -0.3 is 5.32 Å². The summed E-state index contributed by atoms with van der Waals surface area (Å²) in [6.07, 6.45) is 9.94. The van der Waals surface area contributed by atoms with Crippen LogP contribution in [-0.2, 0) is 5.41 Å². The molecule has 4 nitrogen and oxygen atoms in total. The van der Waals surface area contributed by atoms with Gasteiger partial charge in [-0.15, -0.1) is 6.42 Å². The van der Waals surface area contributed by atoms with Gasteiger partial charge in [0.15, 0.2) is 5.82 Å². The molecule has 1 atom stereocenters. The Bertz CT molecular complexity index is 613. The summed E-state index contributed by atoms with van der Waals surface area (Å²) in [5, 5.41) is 7.87. The molecular formula is C15H20N4. The maximum atomic E-state index is 5.49. The molecule has 1 N–H and O–H groups in total. The third kappa shape index (κ3) is 2.70. The highest BCUT2D eigenvalue weighted by Gasteiger charge is 2.19. The topological polar surface area (TPSA) is 42.2 Å². The van der Waals surface area contributed by atoms with Crippen LogP contribution in [0.2, 0.25) is 0 Å². The van der Waals surface area contributed by atoms with Crippen LogP contribution in [0.4, 0.5) is 5.82 Å². The van der Waals surface area contributed by atoms with E-state index in [0.29, 0.717) is 0 Å². The first-order chi connectivity index (χ1) is 8.95. The van der Waals surface area contributed by atoms with Crippen LogP contribution in [0, 0.1) is 12.3 Å². The zero-order valence-electron chi connectivity index (χ0n) is 11.9. The molecule has 19 heavy (non-hydrogen) atoms. The second-order valence-corrected chi connectivity index (χ2v) is 5.66. The van der Waals surface area contributed by atoms with Gasteiger partial charge in [-0.2, -0.15) is 5.10 Å². The summed E-state index contributed by atoms with van der Waals surface area (Å²) in [5.74, 6) is 3.51. The summed E-state index contributed by atoms with van der Waals surface area (Å²) < 4.78 is 1.85. The maximum absolute atomic E-state index is 5.49. The van der Waals surface area contributed by atoms with E-state index in [-0.39, 0.29) is 11.5 Å². The minimum absolute atomic E-state index is 0.00770. The summed E-state index contributed by atoms with van der Waals surface area (Å²) >= 11 is 0. The minimum atomic E-state index is -0.00770. The van der Waals surface area contributed by atoms with Crippen LogP contribution in [0.1, 0.15) is 39.8 Å². The molecule has 0 bridgehead atoms. The Morgan fingerprint density at radius 2 is 2.21 bits per heavy atom. The van der Waals surface area contributed by atoms with E-state index in [1.54, 1.807) is 6.20 Å². The molecule has 2 rings (SSSR count). The molecule has 0 saturated carbocycles. The standard InChI is InChI=1S/C15H20N4/c1-6-11(7-2)17-14-12-10-13(15(3,4)5)18-19(12)9-8-16-14/h1,8-11H,7H2,2-5H3,(H,16,17). The fraction of sp³-hybridized carbons (Fsp3) is 0.467. The monoisotopic (exact) mass is 256 g/mol. The number of hydrogen-bond donors (Lipinski definition) is 1. The molecule has 0 aliphatic rings. The zero-order valence-corrected chi connectivity index (χ0v) is 11.9. The molecule has 0 saturated heterocycles. The molecule has 2 aromatic heterocycles. The Balaban J connectivity index is 2.46. The Kier molecular flexibility index (Phi) is 3.48. The number of rotatable bonds is 3. The van der Waals surface area contributed by atoms with Crippen molar-refractivity contribution in [2.75, 3.05) is 5.32 Å². The second kappa shape index (κ2) is 4.93. The van der Waals surface area contributed by atoms with Gasteiger partial charge in [-0.25, -0.2) is 9.50 Å². The number of nitrogens with one attached hydrogen (secondary N) is 1. The molecule has 100 valence electrons. The number of fused-ring (bicyclic) bond motifs is 1. The smallest absolute Gasteiger partial charge is 0.153 e. The van der Waals surface area contributed by atoms with Crippen LogP contribution in [-0.4, -0.2) is 20.6 Å². The highest BCUT2D eigenvalue weighted by Crippen LogP contribution is 2.24. The highest BCUT2D eigenvalue weighted by molar-refractivity contribution is 5.68. The summed E-state index contributed by atoms with van der Waals surface area (Å²) in [6.45, 7) is 8.48. The van der Waals surface area contributed by atoms with Gasteiger partial charge in [-0.3, -0.25) is 0 Å². The Morgan fingerprint density at radius 1 is 1.47 bits per heavy atom. The van der Waals surface area contributed by atoms with Crippen molar-refractivity contribution in [3.8, 4) is 12.3 Å². The Morgan fingerprint density at radius 3 is 2.79 bits per heavy atom. The number of hydrogen-bond acceptors (Lipinski definition) is 3. The van der Waals surface area contributed by atoms with Gasteiger partial charge in [0.2, 0.25) is 0 Å². The Hall–Kier alpha value is -2.02. The average molecular weight is 256 g/mol. The van der Waals surface area contributed by atoms with Crippen molar-refractivity contribution >= 4 is 11.3 Å². The van der Waals surface area contributed by atoms with Crippen molar-refractivity contribution in [1.29, 1.82) is 0 Å². The fourth-order valence-electron chi connectivity index (χ4n) is 1.83. The van der Waals surface area contributed by atoms with Crippen LogP contribution >= 0.6 is 0 Å². The lowest BCUT2D eigenvalue weighted by Crippen LogP contribution is -2.17. The molecular weight excluding hydrogens is 236 g/mol. The van der Waals surface area contributed by atoms with Crippen molar-refractivity contribution < 1.29 is 0 Å². The zero-order chi connectivity index (χ0) is 14.0. The lowest BCUT2D eigenvalue weighted by Gasteiger charge is -2.13. The van der Waals surface area contributed by atoms with Gasteiger partial charge in [0, 0.05) is 17.8 Å². The van der Waals surface area contributed by atoms with Gasteiger partial charge in [0.05, 0.1) is 11.7 Å². The maximum Gasteiger partial charge on any atom is 0.153 e. The molecule has 0 radical (unpaired) electrons. The van der Waals surface area contributed by atoms with Gasteiger partial charge in [0.25, 0.3) is 0 Å². The molecule has 2 heterocycles. The molecule has 1 unspecified atom stereocenters. The predicted molar refractivity (Wildman–Crippen MR) is 78.2 cm³/mol. The number of aromatic nitrogens is 3. The predicted octanol–water partition coefficient (Wildman–Crippen LogP) is 2.85. The molecule has 0 spiro atoms. The van der Waals surface area contributed by atoms with E-state index >= 15 is 0 Å². The van der Waals surface area contributed by atoms with E-state index in [9.17, 15) is 0 Å². The summed E-state index contributed by atoms with van der Waals surface area (Å²) in [5.41, 5.74) is 2.01. The average Bonchev–Trinajstić information content (AvgIpc) is 2.80. The highest BCUT2D eigenvalue weighted by atomic mass is 15.2. The third-order valence-electron chi connectivity index (χ3n) is 3.08. The minimum Gasteiger partial charge on any atom is -0.355 e. The van der Waals surface area contributed by atoms with Crippen LogP contribution in [0.3, 0.4) is 0 Å². The van der Waals surface area contributed by atoms with Crippen LogP contribution in [0.25, 0.3) is 5.52 Å². The van der Waals surface area contributed by atoms with Crippen LogP contribution in [0.5, 0.6) is 0 Å². The van der Waals surface area contributed by atoms with Gasteiger partial charge in [-0.1, -0.05) is 33.6 Å². The van der Waals surface area contributed by atoms with Crippen LogP contribution < -0.4 is 5.32 Å². The van der Waals surface area contributed by atoms with Gasteiger partial charge in [-0.05, 0) is 12.5 Å². The molecule has 2 aromatic rings. The van der Waals surface area contributed by atoms with Crippen molar-refractivity contribution in [3.05, 3.63) is 24.2 Å². The first-order valence-corrected chi connectivity index (χ1v) is 6.53. The molecule has 0 aliphatic heterocycles. The molecule has 0 aromatic carbocycles. The van der Waals surface area contributed by atoms with E-state index < -0.39 is 0 Å². The van der Waals surface area contributed by atoms with Gasteiger partial charge in [0.1, 0.15) is 5.52 Å². The summed E-state index contributed by atoms with van der Waals surface area (Å²) in [7, 11) is 0. The lowest BCUT2D eigenvalue weighted by molar-refractivity contribution is 0.562. The third-order valence-corrected chi connectivity index (χ3v) is 3.08. The Labute approximate surface area is 114 Å². The lowest BCUT2D eigenvalue weighted by atomic mass is 9.92. The van der Waals surface area contributed by atoms with Crippen molar-refractivity contribution in [1.82, 2.24) is 14.6 Å². The van der Waals surface area contributed by atoms with Crippen molar-refractivity contribution in [2.45, 2.75) is 45.6 Å². The SMILES string of the molecule is C#CC(CC)Nc1nccn2nc(C(C)(C)C)cc12. The van der Waals surface area contributed by atoms with E-state index in [1.165, 1.54) is 0 Å². The van der Waals surface area contributed by atoms with Crippen molar-refractivity contribution in [2.24, 2.45) is 0 Å². The van der Waals surface area contributed by atoms with E-state index in [0.717, 1.165) is 23.4 Å². The van der Waals surface area contributed by atoms with Gasteiger partial charge >= 0.3 is 0 Å². The van der Waals surface area contributed by atoms with Crippen LogP contribution in [0.15, 0.2) is 18.5 Å². The molecule has 4 heteroatoms. The van der Waals surface area contributed by atoms with Crippen molar-refractivity contribution in [3.63, 3.8) is 0 Å². The first kappa shape index (κ1) is 13.4. The van der Waals surface area contributed by atoms with E-state index in [4.69, 9.17) is 6.42 Å². The summed E-state index contributed by atoms with van der Waals surface area (Å²) in [6, 6.07) is 2.06. The normalized spacial score (nSPS) is 13.2. The molecule has 0 amide bonds. The number of nitrogens with zero attached hydrogens (tertiary/aromatic N) is 3. The first-order valence-electron chi connectivity index (χ1n) is 6.53. The number of terminal acetylenes is 1.